The highest BCUT2D eigenvalue weighted by atomic mass is 16.2. The number of nitrogens with one attached hydrogen (secondary N) is 2. The molecule has 1 fully saturated rings. The number of rotatable bonds is 5. The molecular formula is C18H26N4O3. The van der Waals surface area contributed by atoms with Crippen LogP contribution in [0, 0.1) is 5.92 Å². The Bertz CT molecular complexity index is 620. The Morgan fingerprint density at radius 2 is 1.72 bits per heavy atom. The summed E-state index contributed by atoms with van der Waals surface area (Å²) in [5.41, 5.74) is 1.74. The number of benzene rings is 1. The molecule has 3 amide bonds. The van der Waals surface area contributed by atoms with Crippen LogP contribution in [-0.2, 0) is 14.4 Å². The van der Waals surface area contributed by atoms with Crippen LogP contribution in [0.25, 0.3) is 0 Å². The average molecular weight is 346 g/mol. The molecule has 0 saturated carbocycles. The molecular weight excluding hydrogens is 320 g/mol. The summed E-state index contributed by atoms with van der Waals surface area (Å²) in [6.07, 6.45) is 1.28. The van der Waals surface area contributed by atoms with Crippen molar-refractivity contribution in [3.63, 3.8) is 0 Å². The molecule has 1 aliphatic heterocycles. The van der Waals surface area contributed by atoms with E-state index in [-0.39, 0.29) is 30.2 Å². The smallest absolute Gasteiger partial charge is 0.243 e. The van der Waals surface area contributed by atoms with E-state index in [9.17, 15) is 14.4 Å². The van der Waals surface area contributed by atoms with Crippen molar-refractivity contribution in [1.29, 1.82) is 0 Å². The fraction of sp³-hybridized carbons (Fsp3) is 0.500. The molecule has 2 rings (SSSR count). The van der Waals surface area contributed by atoms with Gasteiger partial charge in [-0.25, -0.2) is 0 Å². The lowest BCUT2D eigenvalue weighted by Gasteiger charge is -2.30. The molecule has 0 aliphatic carbocycles. The molecule has 1 saturated heterocycles. The van der Waals surface area contributed by atoms with Crippen LogP contribution < -0.4 is 15.5 Å². The molecule has 0 spiro atoms. The zero-order valence-electron chi connectivity index (χ0n) is 15.0. The second kappa shape index (κ2) is 8.50. The number of hydrogen-bond donors (Lipinski definition) is 2. The standard InChI is InChI=1S/C18H26N4O3/c1-13(23)22-10-8-14(9-11-22)18(25)19-12-17(24)20-15-4-6-16(7-5-15)21(2)3/h4-7,14H,8-12H2,1-3H3,(H,19,25)(H,20,24). The van der Waals surface area contributed by atoms with Crippen molar-refractivity contribution in [2.24, 2.45) is 5.92 Å². The minimum absolute atomic E-state index is 0.0403. The summed E-state index contributed by atoms with van der Waals surface area (Å²) in [6, 6.07) is 7.48. The van der Waals surface area contributed by atoms with Crippen molar-refractivity contribution in [3.05, 3.63) is 24.3 Å². The summed E-state index contributed by atoms with van der Waals surface area (Å²) in [5, 5.41) is 5.45. The Balaban J connectivity index is 1.74. The van der Waals surface area contributed by atoms with Crippen LogP contribution in [0.5, 0.6) is 0 Å². The number of nitrogens with zero attached hydrogens (tertiary/aromatic N) is 2. The van der Waals surface area contributed by atoms with Gasteiger partial charge in [0.25, 0.3) is 0 Å². The van der Waals surface area contributed by atoms with Crippen molar-refractivity contribution < 1.29 is 14.4 Å². The van der Waals surface area contributed by atoms with Crippen molar-refractivity contribution in [2.45, 2.75) is 19.8 Å². The highest BCUT2D eigenvalue weighted by molar-refractivity contribution is 5.95. The Labute approximate surface area is 148 Å². The second-order valence-corrected chi connectivity index (χ2v) is 6.49. The van der Waals surface area contributed by atoms with Crippen molar-refractivity contribution in [3.8, 4) is 0 Å². The first-order chi connectivity index (χ1) is 11.9. The molecule has 1 aliphatic rings. The van der Waals surface area contributed by atoms with Gasteiger partial charge in [0.15, 0.2) is 0 Å². The van der Waals surface area contributed by atoms with Gasteiger partial charge >= 0.3 is 0 Å². The first-order valence-corrected chi connectivity index (χ1v) is 8.47. The number of piperidine rings is 1. The highest BCUT2D eigenvalue weighted by Gasteiger charge is 2.26. The summed E-state index contributed by atoms with van der Waals surface area (Å²) in [5.74, 6) is -0.477. The van der Waals surface area contributed by atoms with E-state index in [0.717, 1.165) is 5.69 Å². The van der Waals surface area contributed by atoms with Crippen LogP contribution in [0.15, 0.2) is 24.3 Å². The molecule has 2 N–H and O–H groups in total. The van der Waals surface area contributed by atoms with Gasteiger partial charge in [-0.1, -0.05) is 0 Å². The van der Waals surface area contributed by atoms with Crippen LogP contribution in [0.4, 0.5) is 11.4 Å². The van der Waals surface area contributed by atoms with Crippen LogP contribution in [-0.4, -0.2) is 56.4 Å². The van der Waals surface area contributed by atoms with Gasteiger partial charge in [0.1, 0.15) is 0 Å². The first kappa shape index (κ1) is 18.8. The number of amides is 3. The second-order valence-electron chi connectivity index (χ2n) is 6.49. The number of likely N-dealkylation sites (tertiary alicyclic amines) is 1. The Hall–Kier alpha value is -2.57. The average Bonchev–Trinajstić information content (AvgIpc) is 2.60. The van der Waals surface area contributed by atoms with E-state index in [4.69, 9.17) is 0 Å². The van der Waals surface area contributed by atoms with Gasteiger partial charge in [0, 0.05) is 51.4 Å². The van der Waals surface area contributed by atoms with E-state index < -0.39 is 0 Å². The minimum Gasteiger partial charge on any atom is -0.378 e. The lowest BCUT2D eigenvalue weighted by molar-refractivity contribution is -0.134. The third-order valence-electron chi connectivity index (χ3n) is 4.40. The van der Waals surface area contributed by atoms with Crippen LogP contribution in [0.1, 0.15) is 19.8 Å². The Kier molecular flexibility index (Phi) is 6.38. The highest BCUT2D eigenvalue weighted by Crippen LogP contribution is 2.17. The van der Waals surface area contributed by atoms with E-state index in [1.54, 1.807) is 4.90 Å². The van der Waals surface area contributed by atoms with Crippen LogP contribution in [0.3, 0.4) is 0 Å². The molecule has 1 heterocycles. The summed E-state index contributed by atoms with van der Waals surface area (Å²) in [6.45, 7) is 2.67. The molecule has 0 unspecified atom stereocenters. The summed E-state index contributed by atoms with van der Waals surface area (Å²) >= 11 is 0. The van der Waals surface area contributed by atoms with Gasteiger partial charge in [-0.15, -0.1) is 0 Å². The Morgan fingerprint density at radius 1 is 1.12 bits per heavy atom. The normalized spacial score (nSPS) is 14.8. The summed E-state index contributed by atoms with van der Waals surface area (Å²) < 4.78 is 0. The van der Waals surface area contributed by atoms with E-state index in [0.29, 0.717) is 31.6 Å². The maximum atomic E-state index is 12.2. The fourth-order valence-electron chi connectivity index (χ4n) is 2.82. The molecule has 136 valence electrons. The predicted molar refractivity (Wildman–Crippen MR) is 97.4 cm³/mol. The summed E-state index contributed by atoms with van der Waals surface area (Å²) in [7, 11) is 3.90. The van der Waals surface area contributed by atoms with Crippen LogP contribution in [0.2, 0.25) is 0 Å². The molecule has 25 heavy (non-hydrogen) atoms. The number of hydrogen-bond acceptors (Lipinski definition) is 4. The third-order valence-corrected chi connectivity index (χ3v) is 4.40. The number of carbonyl (C=O) groups is 3. The molecule has 0 aromatic heterocycles. The van der Waals surface area contributed by atoms with Crippen molar-refractivity contribution in [2.75, 3.05) is 43.9 Å². The van der Waals surface area contributed by atoms with E-state index in [2.05, 4.69) is 10.6 Å². The van der Waals surface area contributed by atoms with Crippen molar-refractivity contribution >= 4 is 29.1 Å². The maximum absolute atomic E-state index is 12.2. The number of anilines is 2. The largest absolute Gasteiger partial charge is 0.378 e. The SMILES string of the molecule is CC(=O)N1CCC(C(=O)NCC(=O)Nc2ccc(N(C)C)cc2)CC1. The minimum atomic E-state index is -0.257. The molecule has 7 nitrogen and oxygen atoms in total. The van der Waals surface area contributed by atoms with E-state index in [1.807, 2.05) is 43.3 Å². The third kappa shape index (κ3) is 5.48. The van der Waals surface area contributed by atoms with Gasteiger partial charge < -0.3 is 20.4 Å². The van der Waals surface area contributed by atoms with Gasteiger partial charge in [-0.3, -0.25) is 14.4 Å². The molecule has 0 bridgehead atoms. The predicted octanol–water partition coefficient (Wildman–Crippen LogP) is 1.07. The van der Waals surface area contributed by atoms with E-state index in [1.165, 1.54) is 6.92 Å². The lowest BCUT2D eigenvalue weighted by Crippen LogP contribution is -2.43. The monoisotopic (exact) mass is 346 g/mol. The number of carbonyl (C=O) groups excluding carboxylic acids is 3. The first-order valence-electron chi connectivity index (χ1n) is 8.47. The molecule has 0 radical (unpaired) electrons. The molecule has 7 heteroatoms. The fourth-order valence-corrected chi connectivity index (χ4v) is 2.82. The zero-order chi connectivity index (χ0) is 18.4. The quantitative estimate of drug-likeness (QED) is 0.835. The van der Waals surface area contributed by atoms with Crippen LogP contribution >= 0.6 is 0 Å². The summed E-state index contributed by atoms with van der Waals surface area (Å²) in [4.78, 5) is 39.1. The van der Waals surface area contributed by atoms with Gasteiger partial charge in [-0.05, 0) is 37.1 Å². The molecule has 0 atom stereocenters. The lowest BCUT2D eigenvalue weighted by atomic mass is 9.96. The van der Waals surface area contributed by atoms with Gasteiger partial charge in [0.05, 0.1) is 6.54 Å². The zero-order valence-corrected chi connectivity index (χ0v) is 15.0. The van der Waals surface area contributed by atoms with Gasteiger partial charge in [0.2, 0.25) is 17.7 Å². The Morgan fingerprint density at radius 3 is 2.24 bits per heavy atom. The maximum Gasteiger partial charge on any atom is 0.243 e. The van der Waals surface area contributed by atoms with Crippen molar-refractivity contribution in [1.82, 2.24) is 10.2 Å². The van der Waals surface area contributed by atoms with Gasteiger partial charge in [-0.2, -0.15) is 0 Å². The molecule has 1 aromatic carbocycles. The topological polar surface area (TPSA) is 81.8 Å². The van der Waals surface area contributed by atoms with E-state index >= 15 is 0 Å². The molecule has 1 aromatic rings.